The van der Waals surface area contributed by atoms with Crippen LogP contribution in [0.25, 0.3) is 0 Å². The first-order chi connectivity index (χ1) is 9.16. The lowest BCUT2D eigenvalue weighted by molar-refractivity contribution is -0.157. The van der Waals surface area contributed by atoms with Crippen molar-refractivity contribution < 1.29 is 9.53 Å². The molecule has 0 bridgehead atoms. The summed E-state index contributed by atoms with van der Waals surface area (Å²) in [4.78, 5) is 12.4. The third-order valence-electron chi connectivity index (χ3n) is 3.97. The summed E-state index contributed by atoms with van der Waals surface area (Å²) in [5.74, 6) is -0.00220. The molecule has 0 unspecified atom stereocenters. The summed E-state index contributed by atoms with van der Waals surface area (Å²) in [5.41, 5.74) is 0.931. The van der Waals surface area contributed by atoms with Gasteiger partial charge in [0.25, 0.3) is 0 Å². The molecule has 2 nitrogen and oxygen atoms in total. The number of esters is 1. The molecule has 104 valence electrons. The molecule has 0 amide bonds. The Labute approximate surface area is 123 Å². The Bertz CT molecular complexity index is 419. The lowest BCUT2D eigenvalue weighted by Gasteiger charge is -2.35. The molecule has 0 saturated heterocycles. The molecule has 1 aliphatic carbocycles. The van der Waals surface area contributed by atoms with E-state index < -0.39 is 0 Å². The standard InChI is InChI=1S/C16H21BrO2/c1-2-19-15(18)16(10-4-3-5-11-16)12-13-6-8-14(17)9-7-13/h6-9H,2-5,10-12H2,1H3. The fraction of sp³-hybridized carbons (Fsp3) is 0.562. The van der Waals surface area contributed by atoms with Gasteiger partial charge < -0.3 is 4.74 Å². The van der Waals surface area contributed by atoms with Crippen molar-refractivity contribution in [2.24, 2.45) is 5.41 Å². The number of halogens is 1. The summed E-state index contributed by atoms with van der Waals surface area (Å²) in [6.45, 7) is 2.36. The fourth-order valence-corrected chi connectivity index (χ4v) is 3.22. The van der Waals surface area contributed by atoms with Crippen LogP contribution in [0.4, 0.5) is 0 Å². The first-order valence-electron chi connectivity index (χ1n) is 7.08. The predicted octanol–water partition coefficient (Wildman–Crippen LogP) is 4.51. The molecule has 0 N–H and O–H groups in total. The Balaban J connectivity index is 2.17. The normalized spacial score (nSPS) is 18.0. The van der Waals surface area contributed by atoms with Gasteiger partial charge in [-0.25, -0.2) is 0 Å². The van der Waals surface area contributed by atoms with Crippen molar-refractivity contribution in [2.45, 2.75) is 45.4 Å². The highest BCUT2D eigenvalue weighted by atomic mass is 79.9. The molecule has 1 aromatic carbocycles. The van der Waals surface area contributed by atoms with E-state index in [1.54, 1.807) is 0 Å². The molecule has 3 heteroatoms. The average molecular weight is 325 g/mol. The monoisotopic (exact) mass is 324 g/mol. The van der Waals surface area contributed by atoms with Gasteiger partial charge in [0.1, 0.15) is 0 Å². The van der Waals surface area contributed by atoms with Crippen molar-refractivity contribution in [3.63, 3.8) is 0 Å². The van der Waals surface area contributed by atoms with E-state index in [1.807, 2.05) is 19.1 Å². The SMILES string of the molecule is CCOC(=O)C1(Cc2ccc(Br)cc2)CCCCC1. The summed E-state index contributed by atoms with van der Waals surface area (Å²) >= 11 is 3.45. The van der Waals surface area contributed by atoms with E-state index in [2.05, 4.69) is 28.1 Å². The molecule has 1 fully saturated rings. The van der Waals surface area contributed by atoms with Crippen LogP contribution in [0.2, 0.25) is 0 Å². The lowest BCUT2D eigenvalue weighted by atomic mass is 9.70. The summed E-state index contributed by atoms with van der Waals surface area (Å²) < 4.78 is 6.41. The molecule has 1 saturated carbocycles. The highest BCUT2D eigenvalue weighted by Gasteiger charge is 2.40. The van der Waals surface area contributed by atoms with Gasteiger partial charge >= 0.3 is 5.97 Å². The summed E-state index contributed by atoms with van der Waals surface area (Å²) in [7, 11) is 0. The second-order valence-electron chi connectivity index (χ2n) is 5.36. The Hall–Kier alpha value is -0.830. The van der Waals surface area contributed by atoms with E-state index in [4.69, 9.17) is 4.74 Å². The van der Waals surface area contributed by atoms with Gasteiger partial charge in [-0.05, 0) is 43.9 Å². The third kappa shape index (κ3) is 3.59. The molecule has 1 aliphatic rings. The predicted molar refractivity (Wildman–Crippen MR) is 80.0 cm³/mol. The molecule has 0 heterocycles. The van der Waals surface area contributed by atoms with Crippen LogP contribution in [0.5, 0.6) is 0 Å². The maximum absolute atomic E-state index is 12.4. The van der Waals surface area contributed by atoms with Crippen LogP contribution in [0.15, 0.2) is 28.7 Å². The van der Waals surface area contributed by atoms with Gasteiger partial charge in [-0.1, -0.05) is 47.3 Å². The van der Waals surface area contributed by atoms with Gasteiger partial charge in [-0.2, -0.15) is 0 Å². The number of hydrogen-bond acceptors (Lipinski definition) is 2. The Kier molecular flexibility index (Phi) is 5.03. The summed E-state index contributed by atoms with van der Waals surface area (Å²) in [6.07, 6.45) is 6.23. The van der Waals surface area contributed by atoms with Crippen LogP contribution >= 0.6 is 15.9 Å². The Morgan fingerprint density at radius 2 is 1.84 bits per heavy atom. The highest BCUT2D eigenvalue weighted by Crippen LogP contribution is 2.40. The van der Waals surface area contributed by atoms with Crippen molar-refractivity contribution in [1.29, 1.82) is 0 Å². The van der Waals surface area contributed by atoms with Gasteiger partial charge in [0, 0.05) is 4.47 Å². The molecule has 0 aromatic heterocycles. The maximum Gasteiger partial charge on any atom is 0.312 e. The van der Waals surface area contributed by atoms with Crippen molar-refractivity contribution in [3.8, 4) is 0 Å². The van der Waals surface area contributed by atoms with Crippen LogP contribution in [0.3, 0.4) is 0 Å². The summed E-state index contributed by atoms with van der Waals surface area (Å²) in [6, 6.07) is 8.27. The summed E-state index contributed by atoms with van der Waals surface area (Å²) in [5, 5.41) is 0. The van der Waals surface area contributed by atoms with E-state index in [0.717, 1.165) is 36.6 Å². The molecular formula is C16H21BrO2. The van der Waals surface area contributed by atoms with Crippen LogP contribution in [0.1, 0.15) is 44.6 Å². The molecule has 19 heavy (non-hydrogen) atoms. The number of benzene rings is 1. The fourth-order valence-electron chi connectivity index (χ4n) is 2.96. The van der Waals surface area contributed by atoms with Crippen molar-refractivity contribution in [3.05, 3.63) is 34.3 Å². The number of carbonyl (C=O) groups excluding carboxylic acids is 1. The number of ether oxygens (including phenoxy) is 1. The molecule has 1 aromatic rings. The first-order valence-corrected chi connectivity index (χ1v) is 7.87. The Morgan fingerprint density at radius 3 is 2.42 bits per heavy atom. The zero-order valence-electron chi connectivity index (χ0n) is 11.5. The number of hydrogen-bond donors (Lipinski definition) is 0. The van der Waals surface area contributed by atoms with Crippen molar-refractivity contribution in [1.82, 2.24) is 0 Å². The van der Waals surface area contributed by atoms with E-state index in [1.165, 1.54) is 12.0 Å². The second kappa shape index (κ2) is 6.56. The molecule has 0 spiro atoms. The minimum Gasteiger partial charge on any atom is -0.466 e. The van der Waals surface area contributed by atoms with E-state index in [0.29, 0.717) is 6.61 Å². The smallest absolute Gasteiger partial charge is 0.312 e. The zero-order valence-corrected chi connectivity index (χ0v) is 13.0. The van der Waals surface area contributed by atoms with Gasteiger partial charge in [0.2, 0.25) is 0 Å². The molecule has 2 rings (SSSR count). The Morgan fingerprint density at radius 1 is 1.21 bits per heavy atom. The third-order valence-corrected chi connectivity index (χ3v) is 4.50. The molecule has 0 radical (unpaired) electrons. The zero-order chi connectivity index (χ0) is 13.7. The van der Waals surface area contributed by atoms with E-state index in [-0.39, 0.29) is 11.4 Å². The topological polar surface area (TPSA) is 26.3 Å². The number of rotatable bonds is 4. The molecule has 0 atom stereocenters. The van der Waals surface area contributed by atoms with Crippen LogP contribution in [0, 0.1) is 5.41 Å². The van der Waals surface area contributed by atoms with Gasteiger partial charge in [0.05, 0.1) is 12.0 Å². The lowest BCUT2D eigenvalue weighted by Crippen LogP contribution is -2.37. The van der Waals surface area contributed by atoms with Gasteiger partial charge in [-0.15, -0.1) is 0 Å². The molecular weight excluding hydrogens is 304 g/mol. The van der Waals surface area contributed by atoms with Crippen LogP contribution in [-0.4, -0.2) is 12.6 Å². The highest BCUT2D eigenvalue weighted by molar-refractivity contribution is 9.10. The van der Waals surface area contributed by atoms with Crippen LogP contribution in [-0.2, 0) is 16.0 Å². The quantitative estimate of drug-likeness (QED) is 0.762. The largest absolute Gasteiger partial charge is 0.466 e. The van der Waals surface area contributed by atoms with Crippen molar-refractivity contribution >= 4 is 21.9 Å². The van der Waals surface area contributed by atoms with Crippen LogP contribution < -0.4 is 0 Å². The van der Waals surface area contributed by atoms with E-state index >= 15 is 0 Å². The second-order valence-corrected chi connectivity index (χ2v) is 6.28. The van der Waals surface area contributed by atoms with Crippen molar-refractivity contribution in [2.75, 3.05) is 6.61 Å². The minimum absolute atomic E-state index is 0.00220. The van der Waals surface area contributed by atoms with Gasteiger partial charge in [0.15, 0.2) is 0 Å². The molecule has 0 aliphatic heterocycles. The maximum atomic E-state index is 12.4. The van der Waals surface area contributed by atoms with Gasteiger partial charge in [-0.3, -0.25) is 4.79 Å². The average Bonchev–Trinajstić information content (AvgIpc) is 2.43. The number of carbonyl (C=O) groups is 1. The minimum atomic E-state index is -0.290. The van der Waals surface area contributed by atoms with E-state index in [9.17, 15) is 4.79 Å². The first kappa shape index (κ1) is 14.6.